The SMILES string of the molecule is Cc1ccccc1/C(C#N)=C1\C=CC(NOS(C)(=O)=O)S1. The van der Waals surface area contributed by atoms with Crippen molar-refractivity contribution >= 4 is 27.5 Å². The van der Waals surface area contributed by atoms with Crippen LogP contribution in [0.2, 0.25) is 0 Å². The van der Waals surface area contributed by atoms with Crippen molar-refractivity contribution in [1.82, 2.24) is 5.48 Å². The van der Waals surface area contributed by atoms with Gasteiger partial charge in [0.15, 0.2) is 0 Å². The minimum absolute atomic E-state index is 0.345. The third kappa shape index (κ3) is 4.19. The van der Waals surface area contributed by atoms with Crippen molar-refractivity contribution in [3.63, 3.8) is 0 Å². The van der Waals surface area contributed by atoms with Crippen molar-refractivity contribution in [2.24, 2.45) is 0 Å². The van der Waals surface area contributed by atoms with E-state index in [2.05, 4.69) is 15.8 Å². The van der Waals surface area contributed by atoms with Gasteiger partial charge in [-0.3, -0.25) is 0 Å². The molecule has 1 unspecified atom stereocenters. The van der Waals surface area contributed by atoms with E-state index in [4.69, 9.17) is 0 Å². The van der Waals surface area contributed by atoms with Crippen LogP contribution in [0.4, 0.5) is 0 Å². The number of nitriles is 1. The van der Waals surface area contributed by atoms with E-state index in [9.17, 15) is 13.7 Å². The molecule has 1 aromatic rings. The average molecular weight is 322 g/mol. The molecule has 1 heterocycles. The predicted molar refractivity (Wildman–Crippen MR) is 83.3 cm³/mol. The summed E-state index contributed by atoms with van der Waals surface area (Å²) in [7, 11) is -3.55. The van der Waals surface area contributed by atoms with Crippen LogP contribution in [0.25, 0.3) is 5.57 Å². The van der Waals surface area contributed by atoms with E-state index in [0.717, 1.165) is 22.3 Å². The number of nitrogens with one attached hydrogen (secondary N) is 1. The summed E-state index contributed by atoms with van der Waals surface area (Å²) in [5.41, 5.74) is 4.89. The molecule has 0 amide bonds. The van der Waals surface area contributed by atoms with Crippen molar-refractivity contribution in [2.45, 2.75) is 12.3 Å². The fraction of sp³-hybridized carbons (Fsp3) is 0.214. The van der Waals surface area contributed by atoms with Crippen LogP contribution >= 0.6 is 11.8 Å². The van der Waals surface area contributed by atoms with Crippen LogP contribution in [0.3, 0.4) is 0 Å². The fourth-order valence-corrected chi connectivity index (χ4v) is 3.13. The van der Waals surface area contributed by atoms with Gasteiger partial charge in [-0.25, -0.2) is 0 Å². The Balaban J connectivity index is 2.20. The molecule has 7 heteroatoms. The molecule has 1 atom stereocenters. The van der Waals surface area contributed by atoms with E-state index in [0.29, 0.717) is 5.57 Å². The Morgan fingerprint density at radius 3 is 2.76 bits per heavy atom. The number of nitrogens with zero attached hydrogens (tertiary/aromatic N) is 1. The molecule has 0 fully saturated rings. The van der Waals surface area contributed by atoms with Gasteiger partial charge in [0.25, 0.3) is 10.1 Å². The molecule has 1 aliphatic heterocycles. The van der Waals surface area contributed by atoms with E-state index in [-0.39, 0.29) is 5.37 Å². The van der Waals surface area contributed by atoms with Crippen molar-refractivity contribution in [2.75, 3.05) is 6.26 Å². The molecule has 1 N–H and O–H groups in total. The van der Waals surface area contributed by atoms with E-state index in [1.165, 1.54) is 11.8 Å². The molecule has 2 rings (SSSR count). The highest BCUT2D eigenvalue weighted by atomic mass is 32.2. The van der Waals surface area contributed by atoms with E-state index < -0.39 is 10.1 Å². The second-order valence-electron chi connectivity index (χ2n) is 4.47. The number of rotatable bonds is 4. The molecule has 0 aliphatic carbocycles. The van der Waals surface area contributed by atoms with E-state index in [1.807, 2.05) is 31.2 Å². The molecule has 0 saturated heterocycles. The lowest BCUT2D eigenvalue weighted by Gasteiger charge is -2.10. The molecule has 1 aliphatic rings. The Labute approximate surface area is 128 Å². The van der Waals surface area contributed by atoms with Crippen molar-refractivity contribution < 1.29 is 12.7 Å². The van der Waals surface area contributed by atoms with Gasteiger partial charge in [0.1, 0.15) is 11.4 Å². The Hall–Kier alpha value is -1.59. The Morgan fingerprint density at radius 2 is 2.14 bits per heavy atom. The van der Waals surface area contributed by atoms with Crippen molar-refractivity contribution in [1.29, 1.82) is 5.26 Å². The second kappa shape index (κ2) is 6.45. The lowest BCUT2D eigenvalue weighted by Crippen LogP contribution is -2.25. The Kier molecular flexibility index (Phi) is 4.85. The normalized spacial score (nSPS) is 20.3. The topological polar surface area (TPSA) is 79.2 Å². The quantitative estimate of drug-likeness (QED) is 0.677. The molecule has 110 valence electrons. The van der Waals surface area contributed by atoms with Gasteiger partial charge in [0, 0.05) is 4.91 Å². The molecule has 0 spiro atoms. The highest BCUT2D eigenvalue weighted by molar-refractivity contribution is 8.04. The zero-order valence-electron chi connectivity index (χ0n) is 11.5. The number of hydrogen-bond acceptors (Lipinski definition) is 6. The maximum Gasteiger partial charge on any atom is 0.280 e. The van der Waals surface area contributed by atoms with Crippen LogP contribution in [0, 0.1) is 18.3 Å². The first-order valence-corrected chi connectivity index (χ1v) is 8.79. The third-order valence-corrected chi connectivity index (χ3v) is 4.26. The number of hydrogen-bond donors (Lipinski definition) is 1. The maximum absolute atomic E-state index is 10.9. The fourth-order valence-electron chi connectivity index (χ4n) is 1.83. The van der Waals surface area contributed by atoms with Gasteiger partial charge in [-0.05, 0) is 24.1 Å². The number of hydroxylamine groups is 1. The lowest BCUT2D eigenvalue weighted by molar-refractivity contribution is 0.210. The molecule has 0 saturated carbocycles. The molecule has 5 nitrogen and oxygen atoms in total. The van der Waals surface area contributed by atoms with Crippen LogP contribution in [0.1, 0.15) is 11.1 Å². The summed E-state index contributed by atoms with van der Waals surface area (Å²) >= 11 is 1.33. The maximum atomic E-state index is 10.9. The molecular weight excluding hydrogens is 308 g/mol. The summed E-state index contributed by atoms with van der Waals surface area (Å²) in [4.78, 5) is 0.779. The highest BCUT2D eigenvalue weighted by Crippen LogP contribution is 2.36. The van der Waals surface area contributed by atoms with E-state index >= 15 is 0 Å². The molecular formula is C14H14N2O3S2. The van der Waals surface area contributed by atoms with Gasteiger partial charge in [0.2, 0.25) is 0 Å². The predicted octanol–water partition coefficient (Wildman–Crippen LogP) is 2.34. The van der Waals surface area contributed by atoms with Gasteiger partial charge < -0.3 is 0 Å². The monoisotopic (exact) mass is 322 g/mol. The minimum atomic E-state index is -3.55. The Bertz CT molecular complexity index is 746. The zero-order chi connectivity index (χ0) is 15.5. The minimum Gasteiger partial charge on any atom is -0.198 e. The molecule has 0 bridgehead atoms. The lowest BCUT2D eigenvalue weighted by atomic mass is 10.0. The highest BCUT2D eigenvalue weighted by Gasteiger charge is 2.20. The van der Waals surface area contributed by atoms with Gasteiger partial charge in [0.05, 0.1) is 11.8 Å². The number of benzene rings is 1. The van der Waals surface area contributed by atoms with Crippen molar-refractivity contribution in [3.8, 4) is 6.07 Å². The zero-order valence-corrected chi connectivity index (χ0v) is 13.2. The summed E-state index contributed by atoms with van der Waals surface area (Å²) in [6, 6.07) is 9.85. The van der Waals surface area contributed by atoms with Crippen LogP contribution in [0.5, 0.6) is 0 Å². The number of thioether (sulfide) groups is 1. The smallest absolute Gasteiger partial charge is 0.198 e. The summed E-state index contributed by atoms with van der Waals surface area (Å²) in [5, 5.41) is 9.06. The third-order valence-electron chi connectivity index (χ3n) is 2.76. The second-order valence-corrected chi connectivity index (χ2v) is 7.23. The largest absolute Gasteiger partial charge is 0.280 e. The summed E-state index contributed by atoms with van der Waals surface area (Å²) < 4.78 is 26.4. The van der Waals surface area contributed by atoms with Crippen LogP contribution in [-0.4, -0.2) is 20.0 Å². The van der Waals surface area contributed by atoms with Gasteiger partial charge in [-0.15, -0.1) is 0 Å². The van der Waals surface area contributed by atoms with Gasteiger partial charge >= 0.3 is 0 Å². The Morgan fingerprint density at radius 1 is 1.43 bits per heavy atom. The first-order chi connectivity index (χ1) is 9.90. The van der Waals surface area contributed by atoms with Crippen LogP contribution in [0.15, 0.2) is 41.3 Å². The molecule has 0 radical (unpaired) electrons. The standard InChI is InChI=1S/C14H14N2O3S2/c1-10-5-3-4-6-11(10)12(9-15)13-7-8-14(20-13)16-19-21(2,17)18/h3-8,14,16H,1-2H3/b13-12+. The van der Waals surface area contributed by atoms with Crippen LogP contribution in [-0.2, 0) is 14.4 Å². The molecule has 0 aromatic heterocycles. The van der Waals surface area contributed by atoms with Gasteiger partial charge in [-0.2, -0.15) is 23.4 Å². The van der Waals surface area contributed by atoms with Crippen molar-refractivity contribution in [3.05, 3.63) is 52.4 Å². The summed E-state index contributed by atoms with van der Waals surface area (Å²) in [6.07, 6.45) is 4.51. The number of allylic oxidation sites excluding steroid dienone is 2. The summed E-state index contributed by atoms with van der Waals surface area (Å²) in [6.45, 7) is 1.94. The molecule has 21 heavy (non-hydrogen) atoms. The van der Waals surface area contributed by atoms with E-state index in [1.54, 1.807) is 12.2 Å². The van der Waals surface area contributed by atoms with Gasteiger partial charge in [-0.1, -0.05) is 42.1 Å². The molecule has 1 aromatic carbocycles. The first kappa shape index (κ1) is 15.8. The average Bonchev–Trinajstić information content (AvgIpc) is 2.87. The summed E-state index contributed by atoms with van der Waals surface area (Å²) in [5.74, 6) is 0. The number of aryl methyl sites for hydroxylation is 1. The first-order valence-electron chi connectivity index (χ1n) is 6.10. The van der Waals surface area contributed by atoms with Crippen LogP contribution < -0.4 is 5.48 Å².